The molecule has 0 radical (unpaired) electrons. The molecular formula is C110H68N8. The van der Waals surface area contributed by atoms with Gasteiger partial charge >= 0.3 is 0 Å². The normalized spacial score (nSPS) is 11.9. The predicted octanol–water partition coefficient (Wildman–Crippen LogP) is 28.6. The standard InChI is InChI=1S/C58H36N4.C52H32N4/c1-3-17-37(18-4-1)39-21-15-24-42(35-39)62-52-34-33-51-53(55(52)54-45-27-9-7-25-43(45)44-26-8-10-28-46(44)57(54)62)48-30-12-14-32-50(48)61(51)41-23-16-22-40(36-41)58-59-49-31-13-11-29-47(49)56(60-58)38-19-5-2-6-20-38;1-3-16-33(17-4-1)50-41-26-11-13-28-43(41)53-52(54-50)34-18-15-21-36(32-34)55-44-29-14-12-27-42(44)47-45(55)30-31-46-49(47)48-39-24-9-7-22-37(39)38-23-8-10-25-40(38)51(48)56(46)35-19-5-2-6-20-35/h1-36H;1-32H. The van der Waals surface area contributed by atoms with Gasteiger partial charge in [-0.15, -0.1) is 0 Å². The summed E-state index contributed by atoms with van der Waals surface area (Å²) in [5.41, 5.74) is 24.0. The Morgan fingerprint density at radius 2 is 0.441 bits per heavy atom. The zero-order valence-corrected chi connectivity index (χ0v) is 63.8. The molecule has 6 aromatic heterocycles. The van der Waals surface area contributed by atoms with Crippen LogP contribution in [0.25, 0.3) is 231 Å². The molecule has 0 N–H and O–H groups in total. The third-order valence-electron chi connectivity index (χ3n) is 24.1. The van der Waals surface area contributed by atoms with Gasteiger partial charge in [0.15, 0.2) is 11.6 Å². The van der Waals surface area contributed by atoms with Gasteiger partial charge in [-0.3, -0.25) is 0 Å². The van der Waals surface area contributed by atoms with Crippen LogP contribution in [0.5, 0.6) is 0 Å². The molecule has 0 unspecified atom stereocenters. The zero-order valence-electron chi connectivity index (χ0n) is 63.8. The molecule has 25 rings (SSSR count). The molecule has 0 fully saturated rings. The first-order chi connectivity index (χ1) is 58.6. The molecule has 0 saturated heterocycles. The van der Waals surface area contributed by atoms with Crippen molar-refractivity contribution in [2.75, 3.05) is 0 Å². The fourth-order valence-electron chi connectivity index (χ4n) is 19.2. The van der Waals surface area contributed by atoms with E-state index in [4.69, 9.17) is 19.9 Å². The Labute approximate surface area is 677 Å². The van der Waals surface area contributed by atoms with Crippen molar-refractivity contribution in [1.82, 2.24) is 38.2 Å². The van der Waals surface area contributed by atoms with Crippen molar-refractivity contribution in [1.29, 1.82) is 0 Å². The quantitative estimate of drug-likeness (QED) is 0.135. The Bertz CT molecular complexity index is 8430. The maximum atomic E-state index is 5.25. The Hall–Kier alpha value is -15.9. The number of nitrogens with zero attached hydrogens (tertiary/aromatic N) is 8. The van der Waals surface area contributed by atoms with Gasteiger partial charge in [0.05, 0.1) is 66.6 Å². The largest absolute Gasteiger partial charge is 0.309 e. The van der Waals surface area contributed by atoms with E-state index in [1.165, 1.54) is 119 Å². The molecule has 25 aromatic rings. The molecule has 0 aliphatic heterocycles. The summed E-state index contributed by atoms with van der Waals surface area (Å²) in [6.07, 6.45) is 0. The van der Waals surface area contributed by atoms with Crippen molar-refractivity contribution in [2.45, 2.75) is 0 Å². The summed E-state index contributed by atoms with van der Waals surface area (Å²) in [4.78, 5) is 20.7. The lowest BCUT2D eigenvalue weighted by atomic mass is 9.95. The molecule has 0 aliphatic carbocycles. The molecule has 0 atom stereocenters. The first-order valence-electron chi connectivity index (χ1n) is 40.3. The van der Waals surface area contributed by atoms with E-state index in [2.05, 4.69) is 407 Å². The number of hydrogen-bond acceptors (Lipinski definition) is 4. The average Bonchev–Trinajstić information content (AvgIpc) is 1.53. The number of fused-ring (bicyclic) bond motifs is 26. The second kappa shape index (κ2) is 26.9. The summed E-state index contributed by atoms with van der Waals surface area (Å²) in [7, 11) is 0. The van der Waals surface area contributed by atoms with Crippen LogP contribution in [-0.2, 0) is 0 Å². The van der Waals surface area contributed by atoms with E-state index in [1.54, 1.807) is 0 Å². The first-order valence-corrected chi connectivity index (χ1v) is 40.3. The van der Waals surface area contributed by atoms with E-state index in [9.17, 15) is 0 Å². The van der Waals surface area contributed by atoms with Gasteiger partial charge in [0.25, 0.3) is 0 Å². The van der Waals surface area contributed by atoms with E-state index >= 15 is 0 Å². The van der Waals surface area contributed by atoms with E-state index in [-0.39, 0.29) is 0 Å². The lowest BCUT2D eigenvalue weighted by Gasteiger charge is -2.13. The van der Waals surface area contributed by atoms with Crippen molar-refractivity contribution in [3.8, 4) is 79.2 Å². The first kappa shape index (κ1) is 66.7. The van der Waals surface area contributed by atoms with Crippen molar-refractivity contribution in [3.05, 3.63) is 413 Å². The van der Waals surface area contributed by atoms with Crippen molar-refractivity contribution in [3.63, 3.8) is 0 Å². The Morgan fingerprint density at radius 3 is 0.873 bits per heavy atom. The van der Waals surface area contributed by atoms with E-state index in [0.29, 0.717) is 11.6 Å². The van der Waals surface area contributed by atoms with Crippen LogP contribution in [-0.4, -0.2) is 38.2 Å². The second-order valence-corrected chi connectivity index (χ2v) is 30.6. The summed E-state index contributed by atoms with van der Waals surface area (Å²) in [5, 5.41) is 22.1. The average molecular weight is 1500 g/mol. The Kier molecular flexibility index (Phi) is 15.2. The Morgan fingerprint density at radius 1 is 0.153 bits per heavy atom. The number of aromatic nitrogens is 8. The predicted molar refractivity (Wildman–Crippen MR) is 494 cm³/mol. The number of rotatable bonds is 9. The highest BCUT2D eigenvalue weighted by atomic mass is 15.0. The van der Waals surface area contributed by atoms with Gasteiger partial charge < -0.3 is 18.3 Å². The van der Waals surface area contributed by atoms with Crippen LogP contribution < -0.4 is 0 Å². The van der Waals surface area contributed by atoms with Crippen LogP contribution in [0.2, 0.25) is 0 Å². The summed E-state index contributed by atoms with van der Waals surface area (Å²) >= 11 is 0. The SMILES string of the molecule is c1ccc(-c2cccc(-n3c4ccc5c(c6ccccc6n5-c5cccc(-c6nc(-c7ccccc7)c7ccccc7n6)c5)c4c4c5ccccc5c5ccccc5c43)c2)cc1.c1ccc(-c2nc(-c3cccc(-n4c5ccccc5c5c6c7c8ccccc8c8ccccc8c7n(-c7ccccc7)c6ccc54)c3)nc3ccccc23)cc1. The van der Waals surface area contributed by atoms with Crippen LogP contribution in [0, 0.1) is 0 Å². The minimum atomic E-state index is 0.701. The third-order valence-corrected chi connectivity index (χ3v) is 24.1. The monoisotopic (exact) mass is 1500 g/mol. The highest BCUT2D eigenvalue weighted by molar-refractivity contribution is 6.40. The summed E-state index contributed by atoms with van der Waals surface area (Å²) in [6, 6.07) is 148. The van der Waals surface area contributed by atoms with Crippen molar-refractivity contribution >= 4 is 152 Å². The van der Waals surface area contributed by atoms with Crippen LogP contribution in [0.4, 0.5) is 0 Å². The molecule has 0 amide bonds. The highest BCUT2D eigenvalue weighted by Crippen LogP contribution is 2.51. The molecule has 118 heavy (non-hydrogen) atoms. The third kappa shape index (κ3) is 10.4. The van der Waals surface area contributed by atoms with Gasteiger partial charge in [0, 0.05) is 110 Å². The van der Waals surface area contributed by atoms with Crippen LogP contribution in [0.15, 0.2) is 413 Å². The van der Waals surface area contributed by atoms with Crippen LogP contribution in [0.3, 0.4) is 0 Å². The van der Waals surface area contributed by atoms with Gasteiger partial charge in [0.1, 0.15) is 0 Å². The van der Waals surface area contributed by atoms with Gasteiger partial charge in [0.2, 0.25) is 0 Å². The zero-order chi connectivity index (χ0) is 77.5. The van der Waals surface area contributed by atoms with Gasteiger partial charge in [-0.05, 0) is 141 Å². The van der Waals surface area contributed by atoms with Crippen molar-refractivity contribution < 1.29 is 0 Å². The fourth-order valence-corrected chi connectivity index (χ4v) is 19.2. The molecule has 8 nitrogen and oxygen atoms in total. The lowest BCUT2D eigenvalue weighted by Crippen LogP contribution is -1.98. The second-order valence-electron chi connectivity index (χ2n) is 30.6. The molecule has 548 valence electrons. The number of benzene rings is 19. The van der Waals surface area contributed by atoms with Crippen LogP contribution >= 0.6 is 0 Å². The maximum absolute atomic E-state index is 5.25. The molecule has 6 heterocycles. The fraction of sp³-hybridized carbons (Fsp3) is 0. The lowest BCUT2D eigenvalue weighted by molar-refractivity contribution is 1.17. The van der Waals surface area contributed by atoms with E-state index in [0.717, 1.165) is 100 Å². The molecule has 0 spiro atoms. The van der Waals surface area contributed by atoms with E-state index in [1.807, 2.05) is 24.3 Å². The summed E-state index contributed by atoms with van der Waals surface area (Å²) in [6.45, 7) is 0. The number of para-hydroxylation sites is 5. The molecular weight excluding hydrogens is 1430 g/mol. The maximum Gasteiger partial charge on any atom is 0.160 e. The summed E-state index contributed by atoms with van der Waals surface area (Å²) < 4.78 is 9.84. The van der Waals surface area contributed by atoms with Crippen molar-refractivity contribution in [2.24, 2.45) is 0 Å². The smallest absolute Gasteiger partial charge is 0.160 e. The molecule has 8 heteroatoms. The van der Waals surface area contributed by atoms with Gasteiger partial charge in [-0.2, -0.15) is 0 Å². The summed E-state index contributed by atoms with van der Waals surface area (Å²) in [5.74, 6) is 1.41. The number of hydrogen-bond donors (Lipinski definition) is 0. The molecule has 19 aromatic carbocycles. The Balaban J connectivity index is 0.000000135. The molecule has 0 saturated carbocycles. The van der Waals surface area contributed by atoms with E-state index < -0.39 is 0 Å². The van der Waals surface area contributed by atoms with Gasteiger partial charge in [-0.25, -0.2) is 19.9 Å². The minimum Gasteiger partial charge on any atom is -0.309 e. The van der Waals surface area contributed by atoms with Gasteiger partial charge in [-0.1, -0.05) is 315 Å². The molecule has 0 aliphatic rings. The highest BCUT2D eigenvalue weighted by Gasteiger charge is 2.28. The van der Waals surface area contributed by atoms with Crippen LogP contribution in [0.1, 0.15) is 0 Å². The molecule has 0 bridgehead atoms. The minimum absolute atomic E-state index is 0.701. The topological polar surface area (TPSA) is 71.3 Å².